The topological polar surface area (TPSA) is 70.9 Å². The van der Waals surface area contributed by atoms with Crippen LogP contribution >= 0.6 is 0 Å². The highest BCUT2D eigenvalue weighted by molar-refractivity contribution is 5.34. The van der Waals surface area contributed by atoms with Crippen LogP contribution in [0.15, 0.2) is 36.3 Å². The van der Waals surface area contributed by atoms with Crippen LogP contribution in [0.3, 0.4) is 0 Å². The third-order valence-electron chi connectivity index (χ3n) is 3.76. The molecule has 0 spiro atoms. The second-order valence-corrected chi connectivity index (χ2v) is 5.47. The van der Waals surface area contributed by atoms with Gasteiger partial charge in [-0.2, -0.15) is 5.26 Å². The second kappa shape index (κ2) is 7.77. The Hall–Kier alpha value is -1.90. The van der Waals surface area contributed by atoms with Crippen LogP contribution in [0.2, 0.25) is 0 Å². The van der Waals surface area contributed by atoms with E-state index in [1.807, 2.05) is 24.7 Å². The molecule has 0 fully saturated rings. The number of nitriles is 1. The van der Waals surface area contributed by atoms with E-state index in [0.717, 1.165) is 44.5 Å². The van der Waals surface area contributed by atoms with Crippen molar-refractivity contribution in [1.82, 2.24) is 14.5 Å². The highest BCUT2D eigenvalue weighted by Gasteiger charge is 2.15. The van der Waals surface area contributed by atoms with Crippen LogP contribution in [0, 0.1) is 11.3 Å². The smallest absolute Gasteiger partial charge is 0.0988 e. The van der Waals surface area contributed by atoms with E-state index >= 15 is 0 Å². The van der Waals surface area contributed by atoms with Gasteiger partial charge < -0.3 is 15.2 Å². The summed E-state index contributed by atoms with van der Waals surface area (Å²) in [6.07, 6.45) is 12.6. The van der Waals surface area contributed by atoms with E-state index in [0.29, 0.717) is 6.04 Å². The molecule has 1 aliphatic carbocycles. The Morgan fingerprint density at radius 3 is 3.14 bits per heavy atom. The maximum Gasteiger partial charge on any atom is 0.0988 e. The zero-order valence-corrected chi connectivity index (χ0v) is 12.6. The van der Waals surface area contributed by atoms with E-state index in [9.17, 15) is 0 Å². The largest absolute Gasteiger partial charge is 0.330 e. The summed E-state index contributed by atoms with van der Waals surface area (Å²) in [6.45, 7) is 2.58. The molecule has 5 nitrogen and oxygen atoms in total. The number of hydrogen-bond donors (Lipinski definition) is 1. The molecular formula is C16H23N5. The molecule has 0 aromatic carbocycles. The monoisotopic (exact) mass is 285 g/mol. The van der Waals surface area contributed by atoms with E-state index in [1.165, 1.54) is 5.69 Å². The summed E-state index contributed by atoms with van der Waals surface area (Å²) >= 11 is 0. The van der Waals surface area contributed by atoms with Crippen LogP contribution in [-0.2, 0) is 6.54 Å². The highest BCUT2D eigenvalue weighted by atomic mass is 15.1. The quantitative estimate of drug-likeness (QED) is 0.868. The molecule has 0 bridgehead atoms. The predicted molar refractivity (Wildman–Crippen MR) is 83.3 cm³/mol. The first kappa shape index (κ1) is 15.5. The van der Waals surface area contributed by atoms with E-state index in [2.05, 4.69) is 33.6 Å². The fraction of sp³-hybridized carbons (Fsp3) is 0.500. The lowest BCUT2D eigenvalue weighted by Gasteiger charge is -2.21. The lowest BCUT2D eigenvalue weighted by Crippen LogP contribution is -2.23. The molecule has 0 radical (unpaired) electrons. The van der Waals surface area contributed by atoms with Crippen molar-refractivity contribution in [2.45, 2.75) is 31.8 Å². The maximum absolute atomic E-state index is 8.98. The van der Waals surface area contributed by atoms with Crippen molar-refractivity contribution in [3.63, 3.8) is 0 Å². The lowest BCUT2D eigenvalue weighted by atomic mass is 10.1. The SMILES string of the molecule is CN(CCCN)Cc1cncn1C1CC=CC(C#N)=CC1. The van der Waals surface area contributed by atoms with Crippen molar-refractivity contribution in [3.05, 3.63) is 42.0 Å². The van der Waals surface area contributed by atoms with Crippen molar-refractivity contribution in [1.29, 1.82) is 5.26 Å². The normalized spacial score (nSPS) is 18.4. The highest BCUT2D eigenvalue weighted by Crippen LogP contribution is 2.24. The minimum atomic E-state index is 0.340. The maximum atomic E-state index is 8.98. The summed E-state index contributed by atoms with van der Waals surface area (Å²) in [6, 6.07) is 2.55. The van der Waals surface area contributed by atoms with Crippen molar-refractivity contribution < 1.29 is 0 Å². The zero-order valence-electron chi connectivity index (χ0n) is 12.6. The summed E-state index contributed by atoms with van der Waals surface area (Å²) in [4.78, 5) is 6.57. The molecule has 1 aliphatic rings. The summed E-state index contributed by atoms with van der Waals surface area (Å²) in [5.41, 5.74) is 7.52. The Balaban J connectivity index is 2.05. The number of allylic oxidation sites excluding steroid dienone is 4. The molecule has 21 heavy (non-hydrogen) atoms. The van der Waals surface area contributed by atoms with Gasteiger partial charge in [-0.15, -0.1) is 0 Å². The molecule has 0 saturated heterocycles. The van der Waals surface area contributed by atoms with Gasteiger partial charge in [-0.05, 0) is 45.5 Å². The van der Waals surface area contributed by atoms with Crippen molar-refractivity contribution in [3.8, 4) is 6.07 Å². The van der Waals surface area contributed by atoms with Gasteiger partial charge in [0.05, 0.1) is 18.1 Å². The number of aromatic nitrogens is 2. The van der Waals surface area contributed by atoms with E-state index < -0.39 is 0 Å². The summed E-state index contributed by atoms with van der Waals surface area (Å²) < 4.78 is 2.24. The molecular weight excluding hydrogens is 262 g/mol. The van der Waals surface area contributed by atoms with Crippen LogP contribution in [0.5, 0.6) is 0 Å². The lowest BCUT2D eigenvalue weighted by molar-refractivity contribution is 0.310. The van der Waals surface area contributed by atoms with Gasteiger partial charge in [0.25, 0.3) is 0 Å². The van der Waals surface area contributed by atoms with E-state index in [4.69, 9.17) is 11.0 Å². The average Bonchev–Trinajstić information content (AvgIpc) is 2.81. The molecule has 2 rings (SSSR count). The van der Waals surface area contributed by atoms with Gasteiger partial charge in [-0.1, -0.05) is 12.2 Å². The van der Waals surface area contributed by atoms with Crippen LogP contribution in [-0.4, -0.2) is 34.6 Å². The summed E-state index contributed by atoms with van der Waals surface area (Å²) in [7, 11) is 2.10. The Bertz CT molecular complexity index is 549. The standard InChI is InChI=1S/C16H23N5/c1-20(9-3-8-17)12-16-11-19-13-21(16)15-5-2-4-14(10-18)6-7-15/h2,4,6,11,13,15H,3,5,7-9,12,17H2,1H3. The van der Waals surface area contributed by atoms with E-state index in [1.54, 1.807) is 0 Å². The van der Waals surface area contributed by atoms with Crippen molar-refractivity contribution in [2.75, 3.05) is 20.1 Å². The Labute approximate surface area is 126 Å². The average molecular weight is 285 g/mol. The molecule has 0 saturated carbocycles. The summed E-state index contributed by atoms with van der Waals surface area (Å²) in [5, 5.41) is 8.98. The minimum absolute atomic E-state index is 0.340. The molecule has 1 aromatic heterocycles. The number of nitrogens with zero attached hydrogens (tertiary/aromatic N) is 4. The van der Waals surface area contributed by atoms with Gasteiger partial charge in [0.2, 0.25) is 0 Å². The molecule has 0 aliphatic heterocycles. The molecule has 1 atom stereocenters. The molecule has 2 N–H and O–H groups in total. The molecule has 1 heterocycles. The first-order valence-corrected chi connectivity index (χ1v) is 7.40. The minimum Gasteiger partial charge on any atom is -0.330 e. The summed E-state index contributed by atoms with van der Waals surface area (Å²) in [5.74, 6) is 0. The van der Waals surface area contributed by atoms with Crippen molar-refractivity contribution >= 4 is 0 Å². The predicted octanol–water partition coefficient (Wildman–Crippen LogP) is 2.00. The molecule has 1 aromatic rings. The van der Waals surface area contributed by atoms with Gasteiger partial charge in [-0.25, -0.2) is 4.98 Å². The zero-order chi connectivity index (χ0) is 15.1. The molecule has 0 amide bonds. The third-order valence-corrected chi connectivity index (χ3v) is 3.76. The van der Waals surface area contributed by atoms with Gasteiger partial charge in [-0.3, -0.25) is 0 Å². The van der Waals surface area contributed by atoms with Gasteiger partial charge in [0.15, 0.2) is 0 Å². The van der Waals surface area contributed by atoms with Gasteiger partial charge in [0, 0.05) is 24.4 Å². The molecule has 112 valence electrons. The van der Waals surface area contributed by atoms with Gasteiger partial charge in [0.1, 0.15) is 0 Å². The fourth-order valence-corrected chi connectivity index (χ4v) is 2.59. The second-order valence-electron chi connectivity index (χ2n) is 5.47. The third kappa shape index (κ3) is 4.28. The number of imidazole rings is 1. The van der Waals surface area contributed by atoms with Crippen LogP contribution < -0.4 is 5.73 Å². The number of rotatable bonds is 6. The first-order chi connectivity index (χ1) is 10.2. The van der Waals surface area contributed by atoms with Crippen LogP contribution in [0.4, 0.5) is 0 Å². The van der Waals surface area contributed by atoms with Crippen LogP contribution in [0.25, 0.3) is 0 Å². The molecule has 1 unspecified atom stereocenters. The number of nitrogens with two attached hydrogens (primary N) is 1. The van der Waals surface area contributed by atoms with Crippen molar-refractivity contribution in [2.24, 2.45) is 5.73 Å². The van der Waals surface area contributed by atoms with Crippen LogP contribution in [0.1, 0.15) is 31.0 Å². The Morgan fingerprint density at radius 2 is 2.38 bits per heavy atom. The first-order valence-electron chi connectivity index (χ1n) is 7.40. The Kier molecular flexibility index (Phi) is 5.73. The van der Waals surface area contributed by atoms with E-state index in [-0.39, 0.29) is 0 Å². The fourth-order valence-electron chi connectivity index (χ4n) is 2.59. The Morgan fingerprint density at radius 1 is 1.52 bits per heavy atom. The number of hydrogen-bond acceptors (Lipinski definition) is 4. The molecule has 5 heteroatoms. The van der Waals surface area contributed by atoms with Gasteiger partial charge >= 0.3 is 0 Å².